The first-order chi connectivity index (χ1) is 19.4. The van der Waals surface area contributed by atoms with E-state index in [4.69, 9.17) is 9.29 Å². The largest absolute Gasteiger partial charge is 0.455 e. The number of fused-ring (bicyclic) bond motifs is 1. The summed E-state index contributed by atoms with van der Waals surface area (Å²) in [6.07, 6.45) is 2.46. The Bertz CT molecular complexity index is 1840. The number of carbonyl (C=O) groups excluding carboxylic acids is 1. The van der Waals surface area contributed by atoms with E-state index >= 15 is 0 Å². The number of anilines is 2. The molecule has 11 nitrogen and oxygen atoms in total. The lowest BCUT2D eigenvalue weighted by molar-refractivity contribution is 0.102. The average molecular weight is 576 g/mol. The number of nitrogens with zero attached hydrogens (tertiary/aromatic N) is 3. The molecule has 0 aliphatic heterocycles. The van der Waals surface area contributed by atoms with Gasteiger partial charge in [0, 0.05) is 36.6 Å². The van der Waals surface area contributed by atoms with Crippen LogP contribution in [0.4, 0.5) is 11.4 Å². The summed E-state index contributed by atoms with van der Waals surface area (Å²) in [5, 5.41) is 10.8. The Labute approximate surface area is 236 Å². The van der Waals surface area contributed by atoms with Gasteiger partial charge >= 0.3 is 0 Å². The molecule has 0 fully saturated rings. The normalized spacial score (nSPS) is 11.0. The minimum atomic E-state index is -3.67. The second-order valence-electron chi connectivity index (χ2n) is 9.35. The van der Waals surface area contributed by atoms with Crippen molar-refractivity contribution >= 4 is 38.3 Å². The molecule has 0 bridgehead atoms. The molecule has 0 aliphatic carbocycles. The van der Waals surface area contributed by atoms with Gasteiger partial charge < -0.3 is 15.0 Å². The maximum atomic E-state index is 13.1. The number of aromatic nitrogens is 3. The number of H-pyrrole nitrogens is 1. The average Bonchev–Trinajstić information content (AvgIpc) is 3.36. The molecular formula is C29H29N5O6S. The first-order valence-electron chi connectivity index (χ1n) is 12.3. The minimum Gasteiger partial charge on any atom is -0.455 e. The smallest absolute Gasteiger partial charge is 0.268 e. The van der Waals surface area contributed by atoms with Crippen LogP contribution in [0.15, 0.2) is 89.9 Å². The van der Waals surface area contributed by atoms with Crippen molar-refractivity contribution in [2.75, 3.05) is 30.6 Å². The Morgan fingerprint density at radius 2 is 1.68 bits per heavy atom. The third kappa shape index (κ3) is 7.38. The number of carbonyl (C=O) groups is 1. The van der Waals surface area contributed by atoms with Gasteiger partial charge in [-0.25, -0.2) is 0 Å². The number of amides is 1. The molecule has 3 N–H and O–H groups in total. The van der Waals surface area contributed by atoms with Crippen LogP contribution in [0.25, 0.3) is 16.6 Å². The fourth-order valence-corrected chi connectivity index (χ4v) is 4.02. The van der Waals surface area contributed by atoms with E-state index in [1.54, 1.807) is 42.6 Å². The van der Waals surface area contributed by atoms with Crippen molar-refractivity contribution < 1.29 is 22.5 Å². The molecule has 212 valence electrons. The van der Waals surface area contributed by atoms with Gasteiger partial charge in [-0.1, -0.05) is 18.2 Å². The highest BCUT2D eigenvalue weighted by Gasteiger charge is 2.16. The van der Waals surface area contributed by atoms with Gasteiger partial charge in [-0.15, -0.1) is 0 Å². The number of aryl methyl sites for hydroxylation is 1. The van der Waals surface area contributed by atoms with E-state index in [1.165, 1.54) is 4.57 Å². The zero-order valence-electron chi connectivity index (χ0n) is 22.8. The molecule has 2 heterocycles. The van der Waals surface area contributed by atoms with E-state index in [9.17, 15) is 18.0 Å². The lowest BCUT2D eigenvalue weighted by atomic mass is 10.2. The van der Waals surface area contributed by atoms with Gasteiger partial charge in [0.05, 0.1) is 23.7 Å². The molecule has 0 spiro atoms. The molecule has 2 aromatic heterocycles. The summed E-state index contributed by atoms with van der Waals surface area (Å²) in [5.41, 5.74) is 3.52. The Morgan fingerprint density at radius 3 is 2.32 bits per heavy atom. The van der Waals surface area contributed by atoms with Crippen LogP contribution < -0.4 is 20.5 Å². The molecule has 0 saturated carbocycles. The molecule has 0 atom stereocenters. The highest BCUT2D eigenvalue weighted by molar-refractivity contribution is 7.85. The number of hydrogen-bond donors (Lipinski definition) is 3. The van der Waals surface area contributed by atoms with Crippen molar-refractivity contribution in [1.29, 1.82) is 0 Å². The molecule has 3 aromatic carbocycles. The maximum Gasteiger partial charge on any atom is 0.268 e. The van der Waals surface area contributed by atoms with Crippen LogP contribution in [0.3, 0.4) is 0 Å². The predicted molar refractivity (Wildman–Crippen MR) is 159 cm³/mol. The van der Waals surface area contributed by atoms with E-state index < -0.39 is 16.0 Å². The number of ether oxygens (including phenoxy) is 1. The molecule has 5 rings (SSSR count). The molecule has 0 unspecified atom stereocenters. The van der Waals surface area contributed by atoms with Crippen LogP contribution in [0.1, 0.15) is 16.1 Å². The van der Waals surface area contributed by atoms with Crippen LogP contribution in [0.2, 0.25) is 0 Å². The summed E-state index contributed by atoms with van der Waals surface area (Å²) < 4.78 is 33.5. The number of hydrogen-bond acceptors (Lipinski definition) is 7. The fourth-order valence-electron chi connectivity index (χ4n) is 4.02. The number of pyridine rings is 1. The summed E-state index contributed by atoms with van der Waals surface area (Å²) in [6, 6.07) is 23.5. The van der Waals surface area contributed by atoms with E-state index in [0.29, 0.717) is 29.1 Å². The molecule has 41 heavy (non-hydrogen) atoms. The number of rotatable bonds is 6. The van der Waals surface area contributed by atoms with Crippen molar-refractivity contribution in [2.45, 2.75) is 6.92 Å². The van der Waals surface area contributed by atoms with Gasteiger partial charge in [0.2, 0.25) is 0 Å². The number of nitrogens with one attached hydrogen (secondary N) is 2. The van der Waals surface area contributed by atoms with Crippen molar-refractivity contribution in [3.05, 3.63) is 107 Å². The lowest BCUT2D eigenvalue weighted by Crippen LogP contribution is -2.29. The van der Waals surface area contributed by atoms with E-state index in [-0.39, 0.29) is 11.1 Å². The van der Waals surface area contributed by atoms with Gasteiger partial charge in [0.15, 0.2) is 5.75 Å². The Kier molecular flexibility index (Phi) is 8.55. The Morgan fingerprint density at radius 1 is 1.02 bits per heavy atom. The number of benzene rings is 3. The van der Waals surface area contributed by atoms with Gasteiger partial charge in [0.1, 0.15) is 11.3 Å². The molecule has 0 radical (unpaired) electrons. The number of aromatic amines is 1. The Hall–Kier alpha value is -4.94. The Balaban J connectivity index is 0.000000714. The van der Waals surface area contributed by atoms with E-state index in [0.717, 1.165) is 22.3 Å². The predicted octanol–water partition coefficient (Wildman–Crippen LogP) is 4.64. The van der Waals surface area contributed by atoms with Gasteiger partial charge in [-0.3, -0.25) is 23.8 Å². The van der Waals surface area contributed by atoms with E-state index in [1.807, 2.05) is 68.4 Å². The molecule has 12 heteroatoms. The quantitative estimate of drug-likeness (QED) is 0.248. The van der Waals surface area contributed by atoms with Crippen molar-refractivity contribution in [3.8, 4) is 17.2 Å². The molecule has 0 aliphatic rings. The summed E-state index contributed by atoms with van der Waals surface area (Å²) in [6.45, 7) is 1.83. The first-order valence-corrected chi connectivity index (χ1v) is 14.2. The minimum absolute atomic E-state index is 0.0637. The summed E-state index contributed by atoms with van der Waals surface area (Å²) in [7, 11) is 0.222. The standard InChI is InChI=1S/C28H25N5O3.CH4O3S/c1-18-9-14-23(28(35)33(18)21-7-5-4-6-8-21)27(34)30-20-10-12-22(13-11-20)36-26-15-19-17-29-31-24(19)16-25(26)32(2)3;1-5(2,3)4/h4-17H,1-3H3,(H,29,31)(H,30,34);1H3,(H,2,3,4). The highest BCUT2D eigenvalue weighted by atomic mass is 32.2. The van der Waals surface area contributed by atoms with Crippen molar-refractivity contribution in [1.82, 2.24) is 14.8 Å². The molecular weight excluding hydrogens is 546 g/mol. The lowest BCUT2D eigenvalue weighted by Gasteiger charge is -2.18. The molecule has 5 aromatic rings. The second-order valence-corrected chi connectivity index (χ2v) is 10.8. The van der Waals surface area contributed by atoms with Crippen molar-refractivity contribution in [3.63, 3.8) is 0 Å². The second kappa shape index (κ2) is 12.1. The van der Waals surface area contributed by atoms with Gasteiger partial charge in [0.25, 0.3) is 21.6 Å². The fraction of sp³-hybridized carbons (Fsp3) is 0.138. The first kappa shape index (κ1) is 29.1. The third-order valence-corrected chi connectivity index (χ3v) is 5.88. The van der Waals surface area contributed by atoms with Crippen LogP contribution in [0, 0.1) is 6.92 Å². The van der Waals surface area contributed by atoms with Gasteiger partial charge in [-0.05, 0) is 67.6 Å². The summed E-state index contributed by atoms with van der Waals surface area (Å²) in [4.78, 5) is 28.0. The van der Waals surface area contributed by atoms with Gasteiger partial charge in [-0.2, -0.15) is 13.5 Å². The molecule has 1 amide bonds. The zero-order valence-corrected chi connectivity index (χ0v) is 23.6. The summed E-state index contributed by atoms with van der Waals surface area (Å²) >= 11 is 0. The highest BCUT2D eigenvalue weighted by Crippen LogP contribution is 2.35. The van der Waals surface area contributed by atoms with Crippen LogP contribution in [0.5, 0.6) is 11.5 Å². The van der Waals surface area contributed by atoms with E-state index in [2.05, 4.69) is 15.5 Å². The van der Waals surface area contributed by atoms with Crippen molar-refractivity contribution in [2.24, 2.45) is 0 Å². The maximum absolute atomic E-state index is 13.1. The van der Waals surface area contributed by atoms with Crippen LogP contribution in [-0.2, 0) is 10.1 Å². The SMILES string of the molecule is CS(=O)(=O)O.Cc1ccc(C(=O)Nc2ccc(Oc3cc4cn[nH]c4cc3N(C)C)cc2)c(=O)n1-c1ccccc1. The van der Waals surface area contributed by atoms with Crippen LogP contribution in [-0.4, -0.2) is 54.0 Å². The zero-order chi connectivity index (χ0) is 29.7. The summed E-state index contributed by atoms with van der Waals surface area (Å²) in [5.74, 6) is 0.825. The molecule has 0 saturated heterocycles. The topological polar surface area (TPSA) is 147 Å². The van der Waals surface area contributed by atoms with Crippen LogP contribution >= 0.6 is 0 Å². The monoisotopic (exact) mass is 575 g/mol. The third-order valence-electron chi connectivity index (χ3n) is 5.88. The number of para-hydroxylation sites is 1.